The van der Waals surface area contributed by atoms with Crippen molar-refractivity contribution in [3.63, 3.8) is 0 Å². The van der Waals surface area contributed by atoms with Crippen LogP contribution in [0.5, 0.6) is 0 Å². The zero-order valence-corrected chi connectivity index (χ0v) is 8.60. The van der Waals surface area contributed by atoms with Crippen molar-refractivity contribution in [3.8, 4) is 0 Å². The number of esters is 1. The van der Waals surface area contributed by atoms with Crippen LogP contribution in [0.1, 0.15) is 6.92 Å². The summed E-state index contributed by atoms with van der Waals surface area (Å²) in [5, 5.41) is 1.10. The number of rotatable bonds is 2. The molecular weight excluding hydrogens is 196 g/mol. The number of hydrazine groups is 1. The number of hydrogen-bond acceptors (Lipinski definition) is 6. The molecule has 0 aliphatic carbocycles. The normalized spacial score (nSPS) is 18.3. The Morgan fingerprint density at radius 3 is 3.00 bits per heavy atom. The predicted octanol–water partition coefficient (Wildman–Crippen LogP) is 0.193. The Balaban J connectivity index is 3.10. The lowest BCUT2D eigenvalue weighted by molar-refractivity contribution is -0.137. The van der Waals surface area contributed by atoms with Gasteiger partial charge in [0.15, 0.2) is 5.82 Å². The van der Waals surface area contributed by atoms with E-state index in [9.17, 15) is 4.79 Å². The van der Waals surface area contributed by atoms with Crippen molar-refractivity contribution in [1.82, 2.24) is 5.01 Å². The molecule has 1 rings (SSSR count). The van der Waals surface area contributed by atoms with E-state index in [0.29, 0.717) is 11.5 Å². The maximum atomic E-state index is 11.3. The van der Waals surface area contributed by atoms with E-state index in [1.54, 1.807) is 6.92 Å². The summed E-state index contributed by atoms with van der Waals surface area (Å²) in [7, 11) is 1.28. The molecule has 1 heterocycles. The Kier molecular flexibility index (Phi) is 3.35. The first-order valence-corrected chi connectivity index (χ1v) is 4.16. The quantitative estimate of drug-likeness (QED) is 0.399. The van der Waals surface area contributed by atoms with Gasteiger partial charge < -0.3 is 4.74 Å². The molecule has 0 saturated heterocycles. The number of aliphatic imine (C=N–C) groups is 2. The van der Waals surface area contributed by atoms with E-state index in [-0.39, 0.29) is 5.70 Å². The van der Waals surface area contributed by atoms with Gasteiger partial charge in [-0.15, -0.1) is 0 Å². The summed E-state index contributed by atoms with van der Waals surface area (Å²) in [5.74, 6) is 5.46. The molecule has 0 spiro atoms. The van der Waals surface area contributed by atoms with Gasteiger partial charge in [-0.05, 0) is 19.7 Å². The van der Waals surface area contributed by atoms with E-state index < -0.39 is 5.97 Å². The van der Waals surface area contributed by atoms with E-state index in [1.165, 1.54) is 19.4 Å². The smallest absolute Gasteiger partial charge is 0.356 e. The molecule has 6 heteroatoms. The number of nitrogens with zero attached hydrogens (tertiary/aromatic N) is 3. The first-order valence-electron chi connectivity index (χ1n) is 4.16. The van der Waals surface area contributed by atoms with Gasteiger partial charge in [0.1, 0.15) is 5.70 Å². The lowest BCUT2D eigenvalue weighted by atomic mass is 10.2. The minimum absolute atomic E-state index is 0.208. The van der Waals surface area contributed by atoms with Gasteiger partial charge in [0, 0.05) is 5.71 Å². The molecule has 1 aliphatic rings. The number of allylic oxidation sites excluding steroid dienone is 1. The summed E-state index contributed by atoms with van der Waals surface area (Å²) < 4.78 is 4.58. The van der Waals surface area contributed by atoms with Crippen LogP contribution in [0.3, 0.4) is 0 Å². The fourth-order valence-corrected chi connectivity index (χ4v) is 1.09. The van der Waals surface area contributed by atoms with Crippen LogP contribution in [-0.2, 0) is 9.53 Å². The molecule has 1 aliphatic heterocycles. The Morgan fingerprint density at radius 2 is 2.47 bits per heavy atom. The highest BCUT2D eigenvalue weighted by atomic mass is 16.5. The monoisotopic (exact) mass is 208 g/mol. The number of hydrogen-bond donors (Lipinski definition) is 1. The third-order valence-electron chi connectivity index (χ3n) is 1.74. The average Bonchev–Trinajstić information content (AvgIpc) is 2.22. The first-order chi connectivity index (χ1) is 7.10. The number of methoxy groups -OCH3 is 1. The third-order valence-corrected chi connectivity index (χ3v) is 1.74. The van der Waals surface area contributed by atoms with Crippen LogP contribution in [0.25, 0.3) is 0 Å². The maximum absolute atomic E-state index is 11.3. The molecule has 0 fully saturated rings. The van der Waals surface area contributed by atoms with Crippen molar-refractivity contribution >= 4 is 18.4 Å². The van der Waals surface area contributed by atoms with Gasteiger partial charge in [0.05, 0.1) is 13.3 Å². The van der Waals surface area contributed by atoms with Crippen LogP contribution >= 0.6 is 0 Å². The molecule has 0 aromatic rings. The topological polar surface area (TPSA) is 80.3 Å². The van der Waals surface area contributed by atoms with E-state index >= 15 is 0 Å². The molecule has 15 heavy (non-hydrogen) atoms. The third kappa shape index (κ3) is 2.29. The van der Waals surface area contributed by atoms with Gasteiger partial charge in [0.25, 0.3) is 0 Å². The zero-order chi connectivity index (χ0) is 11.4. The van der Waals surface area contributed by atoms with Crippen LogP contribution in [0, 0.1) is 0 Å². The summed E-state index contributed by atoms with van der Waals surface area (Å²) in [6.45, 7) is 5.03. The Hall–Kier alpha value is -1.95. The number of ether oxygens (including phenoxy) is 1. The standard InChI is InChI=1S/C9H12N4O2/c1-6-4-7(9(14)15-3)13(10)8(12-6)5-11-2/h4-5H,2,10H2,1,3H3/b8-5-. The predicted molar refractivity (Wildman–Crippen MR) is 56.9 cm³/mol. The molecule has 6 nitrogen and oxygen atoms in total. The molecule has 0 saturated carbocycles. The van der Waals surface area contributed by atoms with Crippen molar-refractivity contribution in [2.45, 2.75) is 6.92 Å². The SMILES string of the molecule is C=N/C=C1/N=C(C)C=C(C(=O)OC)N1N. The first kappa shape index (κ1) is 11.1. The molecule has 80 valence electrons. The van der Waals surface area contributed by atoms with Crippen LogP contribution in [-0.4, -0.2) is 30.5 Å². The molecule has 2 N–H and O–H groups in total. The Bertz CT molecular complexity index is 382. The maximum Gasteiger partial charge on any atom is 0.356 e. The van der Waals surface area contributed by atoms with Crippen molar-refractivity contribution in [1.29, 1.82) is 0 Å². The molecule has 0 amide bonds. The minimum Gasteiger partial charge on any atom is -0.464 e. The second-order valence-corrected chi connectivity index (χ2v) is 2.81. The van der Waals surface area contributed by atoms with Crippen molar-refractivity contribution in [2.24, 2.45) is 15.8 Å². The van der Waals surface area contributed by atoms with Crippen molar-refractivity contribution in [2.75, 3.05) is 7.11 Å². The molecule has 0 atom stereocenters. The molecular formula is C9H12N4O2. The second-order valence-electron chi connectivity index (χ2n) is 2.81. The lowest BCUT2D eigenvalue weighted by Crippen LogP contribution is -2.36. The van der Waals surface area contributed by atoms with Gasteiger partial charge in [-0.1, -0.05) is 0 Å². The molecule has 0 aromatic carbocycles. The number of carbonyl (C=O) groups excluding carboxylic acids is 1. The van der Waals surface area contributed by atoms with Crippen LogP contribution in [0.15, 0.2) is 33.8 Å². The summed E-state index contributed by atoms with van der Waals surface area (Å²) in [4.78, 5) is 19.0. The fourth-order valence-electron chi connectivity index (χ4n) is 1.09. The fraction of sp³-hybridized carbons (Fsp3) is 0.222. The van der Waals surface area contributed by atoms with E-state index in [2.05, 4.69) is 21.4 Å². The molecule has 0 unspecified atom stereocenters. The largest absolute Gasteiger partial charge is 0.464 e. The van der Waals surface area contributed by atoms with Crippen molar-refractivity contribution < 1.29 is 9.53 Å². The second kappa shape index (κ2) is 4.52. The van der Waals surface area contributed by atoms with Gasteiger partial charge in [0.2, 0.25) is 0 Å². The Labute approximate surface area is 87.4 Å². The summed E-state index contributed by atoms with van der Waals surface area (Å²) in [5.41, 5.74) is 0.854. The van der Waals surface area contributed by atoms with Gasteiger partial charge >= 0.3 is 5.97 Å². The molecule has 0 aromatic heterocycles. The van der Waals surface area contributed by atoms with E-state index in [0.717, 1.165) is 5.01 Å². The number of nitrogens with two attached hydrogens (primary N) is 1. The van der Waals surface area contributed by atoms with Crippen molar-refractivity contribution in [3.05, 3.63) is 23.8 Å². The summed E-state index contributed by atoms with van der Waals surface area (Å²) in [6, 6.07) is 0. The Morgan fingerprint density at radius 1 is 1.80 bits per heavy atom. The van der Waals surface area contributed by atoms with Gasteiger partial charge in [-0.25, -0.2) is 15.6 Å². The highest BCUT2D eigenvalue weighted by molar-refractivity contribution is 6.02. The van der Waals surface area contributed by atoms with Gasteiger partial charge in [-0.2, -0.15) is 0 Å². The van der Waals surface area contributed by atoms with Crippen LogP contribution in [0.4, 0.5) is 0 Å². The van der Waals surface area contributed by atoms with E-state index in [4.69, 9.17) is 5.84 Å². The highest BCUT2D eigenvalue weighted by Gasteiger charge is 2.22. The van der Waals surface area contributed by atoms with Crippen LogP contribution in [0.2, 0.25) is 0 Å². The lowest BCUT2D eigenvalue weighted by Gasteiger charge is -2.23. The van der Waals surface area contributed by atoms with Gasteiger partial charge in [-0.3, -0.25) is 10.0 Å². The summed E-state index contributed by atoms with van der Waals surface area (Å²) in [6.07, 6.45) is 2.89. The van der Waals surface area contributed by atoms with Crippen LogP contribution < -0.4 is 5.84 Å². The van der Waals surface area contributed by atoms with E-state index in [1.807, 2.05) is 0 Å². The zero-order valence-electron chi connectivity index (χ0n) is 8.60. The average molecular weight is 208 g/mol. The molecule has 0 radical (unpaired) electrons. The summed E-state index contributed by atoms with van der Waals surface area (Å²) >= 11 is 0. The molecule has 0 bridgehead atoms. The highest BCUT2D eigenvalue weighted by Crippen LogP contribution is 2.16. The number of carbonyl (C=O) groups is 1. The minimum atomic E-state index is -0.526.